The van der Waals surface area contributed by atoms with E-state index in [-0.39, 0.29) is 0 Å². The van der Waals surface area contributed by atoms with E-state index in [1.54, 1.807) is 0 Å². The van der Waals surface area contributed by atoms with Crippen molar-refractivity contribution < 1.29 is 0 Å². The molecule has 0 saturated carbocycles. The molecule has 0 amide bonds. The van der Waals surface area contributed by atoms with Crippen LogP contribution in [0.3, 0.4) is 0 Å². The Hall–Kier alpha value is -4.82. The summed E-state index contributed by atoms with van der Waals surface area (Å²) < 4.78 is 2.34. The van der Waals surface area contributed by atoms with Crippen LogP contribution in [-0.4, -0.2) is 9.55 Å². The van der Waals surface area contributed by atoms with Crippen molar-refractivity contribution in [3.8, 4) is 0 Å². The zero-order valence-corrected chi connectivity index (χ0v) is 33.3. The first-order valence-corrected chi connectivity index (χ1v) is 18.7. The molecular weight excluding hydrogens is 605 g/mol. The molecule has 0 saturated heterocycles. The third kappa shape index (κ3) is 15.6. The number of aromatic nitrogens is 2. The largest absolute Gasteiger partial charge is 0.361 e. The summed E-state index contributed by atoms with van der Waals surface area (Å²) in [5.74, 6) is 0. The molecule has 0 atom stereocenters. The molecule has 2 nitrogen and oxygen atoms in total. The van der Waals surface area contributed by atoms with Gasteiger partial charge in [0.15, 0.2) is 0 Å². The lowest BCUT2D eigenvalue weighted by Gasteiger charge is -2.07. The molecule has 268 valence electrons. The molecule has 0 unspecified atom stereocenters. The van der Waals surface area contributed by atoms with Gasteiger partial charge in [-0.2, -0.15) is 0 Å². The van der Waals surface area contributed by atoms with Crippen LogP contribution in [0.4, 0.5) is 0 Å². The second kappa shape index (κ2) is 29.1. The van der Waals surface area contributed by atoms with Gasteiger partial charge in [0.05, 0.1) is 11.0 Å². The monoisotopic (exact) mass is 671 g/mol. The van der Waals surface area contributed by atoms with Gasteiger partial charge >= 0.3 is 0 Å². The number of hydrogen-bond donors (Lipinski definition) is 1. The van der Waals surface area contributed by atoms with E-state index in [0.717, 1.165) is 0 Å². The minimum atomic E-state index is 1.21. The van der Waals surface area contributed by atoms with Crippen LogP contribution in [-0.2, 0) is 0 Å². The Kier molecular flexibility index (Phi) is 26.3. The van der Waals surface area contributed by atoms with Crippen LogP contribution >= 0.6 is 0 Å². The molecule has 2 heterocycles. The highest BCUT2D eigenvalue weighted by atomic mass is 15.0. The first-order valence-electron chi connectivity index (χ1n) is 18.7. The molecule has 6 aromatic rings. The SMILES string of the molecule is C/C=C\C=C(/C)n1c2ccccc2c2cc(C)ccc21.C1=CCCC=C1.CC.CC.CC.CC.Cc1ccccc1.c1ccc2[nH]ccc2c1. The number of hydrogen-bond acceptors (Lipinski definition) is 0. The van der Waals surface area contributed by atoms with Crippen LogP contribution < -0.4 is 0 Å². The molecule has 0 fully saturated rings. The molecule has 0 spiro atoms. The zero-order valence-electron chi connectivity index (χ0n) is 33.3. The molecule has 7 rings (SSSR count). The number of fused-ring (bicyclic) bond motifs is 4. The molecule has 0 aliphatic heterocycles. The van der Waals surface area contributed by atoms with E-state index in [4.69, 9.17) is 0 Å². The van der Waals surface area contributed by atoms with Crippen LogP contribution in [0.2, 0.25) is 0 Å². The Morgan fingerprint density at radius 2 is 1.16 bits per heavy atom. The Balaban J connectivity index is 0.000000666. The highest BCUT2D eigenvalue weighted by Gasteiger charge is 2.10. The lowest BCUT2D eigenvalue weighted by Crippen LogP contribution is -1.92. The minimum absolute atomic E-state index is 1.21. The van der Waals surface area contributed by atoms with E-state index in [9.17, 15) is 0 Å². The maximum absolute atomic E-state index is 3.12. The Morgan fingerprint density at radius 1 is 0.600 bits per heavy atom. The molecule has 1 N–H and O–H groups in total. The summed E-state index contributed by atoms with van der Waals surface area (Å²) in [7, 11) is 0. The predicted molar refractivity (Wildman–Crippen MR) is 231 cm³/mol. The number of allylic oxidation sites excluding steroid dienone is 8. The van der Waals surface area contributed by atoms with Crippen molar-refractivity contribution in [3.05, 3.63) is 163 Å². The van der Waals surface area contributed by atoms with E-state index in [1.165, 1.54) is 62.4 Å². The van der Waals surface area contributed by atoms with E-state index in [2.05, 4.69) is 146 Å². The second-order valence-corrected chi connectivity index (χ2v) is 10.4. The molecule has 1 aliphatic carbocycles. The maximum Gasteiger partial charge on any atom is 0.0537 e. The first-order chi connectivity index (χ1) is 24.6. The van der Waals surface area contributed by atoms with Gasteiger partial charge in [-0.05, 0) is 82.3 Å². The maximum atomic E-state index is 3.12. The van der Waals surface area contributed by atoms with Gasteiger partial charge in [-0.25, -0.2) is 0 Å². The van der Waals surface area contributed by atoms with Gasteiger partial charge in [0.1, 0.15) is 0 Å². The van der Waals surface area contributed by atoms with Crippen LogP contribution in [0.1, 0.15) is 93.2 Å². The van der Waals surface area contributed by atoms with Gasteiger partial charge in [0.2, 0.25) is 0 Å². The average molecular weight is 671 g/mol. The van der Waals surface area contributed by atoms with Crippen molar-refractivity contribution in [2.24, 2.45) is 0 Å². The molecular formula is C48H66N2. The Bertz CT molecular complexity index is 1770. The number of para-hydroxylation sites is 2. The van der Waals surface area contributed by atoms with Crippen LogP contribution in [0.15, 0.2) is 152 Å². The highest BCUT2D eigenvalue weighted by Crippen LogP contribution is 2.32. The lowest BCUT2D eigenvalue weighted by molar-refractivity contribution is 1.04. The average Bonchev–Trinajstić information content (AvgIpc) is 3.82. The topological polar surface area (TPSA) is 20.7 Å². The normalized spacial score (nSPS) is 10.9. The molecule has 0 bridgehead atoms. The number of nitrogens with zero attached hydrogens (tertiary/aromatic N) is 1. The predicted octanol–water partition coefficient (Wildman–Crippen LogP) is 15.7. The van der Waals surface area contributed by atoms with Gasteiger partial charge in [0.25, 0.3) is 0 Å². The van der Waals surface area contributed by atoms with Gasteiger partial charge < -0.3 is 9.55 Å². The smallest absolute Gasteiger partial charge is 0.0537 e. The first kappa shape index (κ1) is 45.2. The van der Waals surface area contributed by atoms with Crippen LogP contribution in [0.5, 0.6) is 0 Å². The third-order valence-electron chi connectivity index (χ3n) is 7.00. The summed E-state index contributed by atoms with van der Waals surface area (Å²) in [5.41, 5.74) is 7.61. The van der Waals surface area contributed by atoms with Crippen molar-refractivity contribution in [3.63, 3.8) is 0 Å². The number of aromatic amines is 1. The van der Waals surface area contributed by atoms with E-state index in [1.807, 2.05) is 98.8 Å². The molecule has 50 heavy (non-hydrogen) atoms. The zero-order chi connectivity index (χ0) is 37.6. The van der Waals surface area contributed by atoms with Crippen molar-refractivity contribution in [2.45, 2.75) is 95.9 Å². The molecule has 2 aromatic heterocycles. The van der Waals surface area contributed by atoms with E-state index in [0.29, 0.717) is 0 Å². The lowest BCUT2D eigenvalue weighted by atomic mass is 10.1. The van der Waals surface area contributed by atoms with Gasteiger partial charge in [0, 0.05) is 28.2 Å². The Labute approximate surface area is 306 Å². The fourth-order valence-electron chi connectivity index (χ4n) is 4.85. The van der Waals surface area contributed by atoms with Gasteiger partial charge in [-0.3, -0.25) is 0 Å². The number of nitrogens with one attached hydrogen (secondary N) is 1. The standard InChI is InChI=1S/C19H19N.C8H7N.C7H8.C6H8.4C2H6/c1-4-5-8-15(3)20-18-10-7-6-9-16(18)17-13-14(2)11-12-19(17)20;1-2-4-8-7(3-1)5-6-9-8;1-7-5-3-2-4-6-7;1-2-4-6-5-3-1;4*1-2/h4-13H,1-3H3;1-6,9H;2-6H,1H3;1-4H,5-6H2;4*1-2H3/b5-4-,15-8+;;;;;;;. The number of benzene rings is 4. The molecule has 0 radical (unpaired) electrons. The van der Waals surface area contributed by atoms with Crippen molar-refractivity contribution >= 4 is 38.4 Å². The summed E-state index contributed by atoms with van der Waals surface area (Å²) in [6.45, 7) is 24.4. The molecule has 4 aromatic carbocycles. The summed E-state index contributed by atoms with van der Waals surface area (Å²) in [4.78, 5) is 3.12. The second-order valence-electron chi connectivity index (χ2n) is 10.4. The quantitative estimate of drug-likeness (QED) is 0.177. The minimum Gasteiger partial charge on any atom is -0.361 e. The summed E-state index contributed by atoms with van der Waals surface area (Å²) in [5, 5.41) is 3.92. The summed E-state index contributed by atoms with van der Waals surface area (Å²) in [6, 6.07) is 35.8. The van der Waals surface area contributed by atoms with Crippen LogP contribution in [0, 0.1) is 13.8 Å². The fraction of sp³-hybridized carbons (Fsp3) is 0.292. The summed E-state index contributed by atoms with van der Waals surface area (Å²) >= 11 is 0. The number of aryl methyl sites for hydroxylation is 2. The van der Waals surface area contributed by atoms with Crippen LogP contribution in [0.25, 0.3) is 38.4 Å². The van der Waals surface area contributed by atoms with Crippen molar-refractivity contribution in [2.75, 3.05) is 0 Å². The van der Waals surface area contributed by atoms with E-state index >= 15 is 0 Å². The molecule has 2 heteroatoms. The van der Waals surface area contributed by atoms with Gasteiger partial charge in [-0.1, -0.05) is 176 Å². The molecule has 1 aliphatic rings. The number of H-pyrrole nitrogens is 1. The van der Waals surface area contributed by atoms with Gasteiger partial charge in [-0.15, -0.1) is 0 Å². The Morgan fingerprint density at radius 3 is 1.70 bits per heavy atom. The highest BCUT2D eigenvalue weighted by molar-refractivity contribution is 6.10. The number of rotatable bonds is 2. The fourth-order valence-corrected chi connectivity index (χ4v) is 4.85. The van der Waals surface area contributed by atoms with Crippen molar-refractivity contribution in [1.82, 2.24) is 9.55 Å². The third-order valence-corrected chi connectivity index (χ3v) is 7.00. The van der Waals surface area contributed by atoms with Crippen molar-refractivity contribution in [1.29, 1.82) is 0 Å². The summed E-state index contributed by atoms with van der Waals surface area (Å²) in [6.07, 6.45) is 19.3. The van der Waals surface area contributed by atoms with E-state index < -0.39 is 0 Å².